The zero-order valence-corrected chi connectivity index (χ0v) is 12.4. The van der Waals surface area contributed by atoms with E-state index in [4.69, 9.17) is 9.72 Å². The Kier molecular flexibility index (Phi) is 3.00. The van der Waals surface area contributed by atoms with Crippen LogP contribution < -0.4 is 10.1 Å². The van der Waals surface area contributed by atoms with Crippen LogP contribution in [0.1, 0.15) is 28.3 Å². The van der Waals surface area contributed by atoms with E-state index in [9.17, 15) is 0 Å². The lowest BCUT2D eigenvalue weighted by Gasteiger charge is -2.04. The molecule has 0 amide bonds. The van der Waals surface area contributed by atoms with E-state index < -0.39 is 0 Å². The number of nitrogens with one attached hydrogen (secondary N) is 1. The SMILES string of the molecule is COc1ccc2c(c1)-c1nc(CNCC3CC3)sc1C2. The van der Waals surface area contributed by atoms with Gasteiger partial charge in [0.15, 0.2) is 0 Å². The summed E-state index contributed by atoms with van der Waals surface area (Å²) in [5, 5.41) is 4.73. The molecule has 0 unspecified atom stereocenters. The van der Waals surface area contributed by atoms with E-state index in [0.29, 0.717) is 0 Å². The third kappa shape index (κ3) is 2.23. The van der Waals surface area contributed by atoms with Gasteiger partial charge in [-0.25, -0.2) is 4.98 Å². The van der Waals surface area contributed by atoms with Crippen molar-refractivity contribution in [2.75, 3.05) is 13.7 Å². The van der Waals surface area contributed by atoms with Crippen LogP contribution in [0.3, 0.4) is 0 Å². The second-order valence-electron chi connectivity index (χ2n) is 5.65. The standard InChI is InChI=1S/C16H18N2OS/c1-19-12-5-4-11-6-14-16(13(11)7-12)18-15(20-14)9-17-8-10-2-3-10/h4-5,7,10,17H,2-3,6,8-9H2,1H3. The van der Waals surface area contributed by atoms with E-state index in [1.807, 2.05) is 17.4 Å². The Morgan fingerprint density at radius 3 is 3.10 bits per heavy atom. The third-order valence-corrected chi connectivity index (χ3v) is 5.13. The van der Waals surface area contributed by atoms with Crippen molar-refractivity contribution in [2.45, 2.75) is 25.8 Å². The van der Waals surface area contributed by atoms with Gasteiger partial charge in [0.05, 0.1) is 12.8 Å². The van der Waals surface area contributed by atoms with Gasteiger partial charge in [-0.1, -0.05) is 6.07 Å². The van der Waals surface area contributed by atoms with Gasteiger partial charge in [0.2, 0.25) is 0 Å². The molecule has 1 N–H and O–H groups in total. The van der Waals surface area contributed by atoms with E-state index in [2.05, 4.69) is 17.4 Å². The van der Waals surface area contributed by atoms with Gasteiger partial charge in [-0.05, 0) is 43.0 Å². The summed E-state index contributed by atoms with van der Waals surface area (Å²) in [6.45, 7) is 2.06. The summed E-state index contributed by atoms with van der Waals surface area (Å²) >= 11 is 1.85. The predicted octanol–water partition coefficient (Wildman–Crippen LogP) is 3.22. The normalized spacial score (nSPS) is 16.1. The van der Waals surface area contributed by atoms with Crippen LogP contribution in [-0.2, 0) is 13.0 Å². The summed E-state index contributed by atoms with van der Waals surface area (Å²) in [6, 6.07) is 6.31. The summed E-state index contributed by atoms with van der Waals surface area (Å²) in [4.78, 5) is 6.22. The minimum Gasteiger partial charge on any atom is -0.497 e. The van der Waals surface area contributed by atoms with Gasteiger partial charge in [0.1, 0.15) is 10.8 Å². The van der Waals surface area contributed by atoms with Crippen molar-refractivity contribution in [1.82, 2.24) is 10.3 Å². The van der Waals surface area contributed by atoms with Crippen LogP contribution >= 0.6 is 11.3 Å². The number of nitrogens with zero attached hydrogens (tertiary/aromatic N) is 1. The molecule has 1 heterocycles. The number of aromatic nitrogens is 1. The van der Waals surface area contributed by atoms with Crippen LogP contribution in [0, 0.1) is 5.92 Å². The number of methoxy groups -OCH3 is 1. The highest BCUT2D eigenvalue weighted by molar-refractivity contribution is 7.12. The molecular formula is C16H18N2OS. The maximum Gasteiger partial charge on any atom is 0.119 e. The van der Waals surface area contributed by atoms with E-state index in [1.165, 1.54) is 39.5 Å². The molecule has 104 valence electrons. The zero-order valence-electron chi connectivity index (χ0n) is 11.6. The molecule has 4 rings (SSSR count). The molecule has 0 spiro atoms. The molecule has 20 heavy (non-hydrogen) atoms. The smallest absolute Gasteiger partial charge is 0.119 e. The first-order valence-electron chi connectivity index (χ1n) is 7.20. The molecule has 0 atom stereocenters. The van der Waals surface area contributed by atoms with Crippen LogP contribution in [-0.4, -0.2) is 18.6 Å². The lowest BCUT2D eigenvalue weighted by molar-refractivity contribution is 0.415. The van der Waals surface area contributed by atoms with Crippen molar-refractivity contribution in [3.63, 3.8) is 0 Å². The topological polar surface area (TPSA) is 34.1 Å². The first-order valence-corrected chi connectivity index (χ1v) is 8.01. The molecule has 2 aliphatic carbocycles. The summed E-state index contributed by atoms with van der Waals surface area (Å²) in [5.74, 6) is 1.84. The van der Waals surface area contributed by atoms with Gasteiger partial charge in [0, 0.05) is 23.4 Å². The molecule has 2 aromatic rings. The Bertz CT molecular complexity index is 646. The molecule has 4 heteroatoms. The molecule has 1 fully saturated rings. The van der Waals surface area contributed by atoms with Gasteiger partial charge in [-0.3, -0.25) is 0 Å². The van der Waals surface area contributed by atoms with Crippen molar-refractivity contribution < 1.29 is 4.74 Å². The van der Waals surface area contributed by atoms with Gasteiger partial charge >= 0.3 is 0 Å². The molecule has 0 saturated heterocycles. The molecule has 1 aromatic heterocycles. The number of rotatable bonds is 5. The van der Waals surface area contributed by atoms with Crippen molar-refractivity contribution in [3.05, 3.63) is 33.6 Å². The molecule has 3 nitrogen and oxygen atoms in total. The Labute approximate surface area is 123 Å². The summed E-state index contributed by atoms with van der Waals surface area (Å²) in [5.41, 5.74) is 3.80. The number of benzene rings is 1. The van der Waals surface area contributed by atoms with Gasteiger partial charge < -0.3 is 10.1 Å². The molecule has 0 aliphatic heterocycles. The summed E-state index contributed by atoms with van der Waals surface area (Å²) in [7, 11) is 1.71. The Morgan fingerprint density at radius 2 is 2.30 bits per heavy atom. The number of hydrogen-bond donors (Lipinski definition) is 1. The second-order valence-corrected chi connectivity index (χ2v) is 6.82. The first-order chi connectivity index (χ1) is 9.83. The number of ether oxygens (including phenoxy) is 1. The van der Waals surface area contributed by atoms with Crippen LogP contribution in [0.2, 0.25) is 0 Å². The monoisotopic (exact) mass is 286 g/mol. The lowest BCUT2D eigenvalue weighted by Crippen LogP contribution is -2.15. The number of thiazole rings is 1. The third-order valence-electron chi connectivity index (χ3n) is 4.07. The fourth-order valence-electron chi connectivity index (χ4n) is 2.74. The largest absolute Gasteiger partial charge is 0.497 e. The quantitative estimate of drug-likeness (QED) is 0.782. The Morgan fingerprint density at radius 1 is 1.40 bits per heavy atom. The maximum atomic E-state index is 5.32. The molecule has 0 bridgehead atoms. The van der Waals surface area contributed by atoms with Gasteiger partial charge in [0.25, 0.3) is 0 Å². The number of fused-ring (bicyclic) bond motifs is 3. The van der Waals surface area contributed by atoms with Crippen molar-refractivity contribution in [2.24, 2.45) is 5.92 Å². The maximum absolute atomic E-state index is 5.32. The minimum absolute atomic E-state index is 0.910. The fourth-order valence-corrected chi connectivity index (χ4v) is 3.82. The Hall–Kier alpha value is -1.39. The molecule has 1 saturated carbocycles. The van der Waals surface area contributed by atoms with Crippen molar-refractivity contribution in [1.29, 1.82) is 0 Å². The zero-order chi connectivity index (χ0) is 13.5. The molecule has 0 radical (unpaired) electrons. The second kappa shape index (κ2) is 4.86. The lowest BCUT2D eigenvalue weighted by atomic mass is 10.1. The minimum atomic E-state index is 0.910. The van der Waals surface area contributed by atoms with Gasteiger partial charge in [-0.15, -0.1) is 11.3 Å². The van der Waals surface area contributed by atoms with E-state index >= 15 is 0 Å². The Balaban J connectivity index is 1.54. The van der Waals surface area contributed by atoms with Crippen molar-refractivity contribution in [3.8, 4) is 17.0 Å². The molecule has 2 aliphatic rings. The first kappa shape index (κ1) is 12.4. The van der Waals surface area contributed by atoms with Crippen LogP contribution in [0.15, 0.2) is 18.2 Å². The van der Waals surface area contributed by atoms with Crippen LogP contribution in [0.4, 0.5) is 0 Å². The van der Waals surface area contributed by atoms with E-state index in [0.717, 1.165) is 31.2 Å². The summed E-state index contributed by atoms with van der Waals surface area (Å²) in [6.07, 6.45) is 3.82. The van der Waals surface area contributed by atoms with Gasteiger partial charge in [-0.2, -0.15) is 0 Å². The predicted molar refractivity (Wildman–Crippen MR) is 81.3 cm³/mol. The highest BCUT2D eigenvalue weighted by Gasteiger charge is 2.24. The van der Waals surface area contributed by atoms with Crippen LogP contribution in [0.25, 0.3) is 11.3 Å². The number of hydrogen-bond acceptors (Lipinski definition) is 4. The van der Waals surface area contributed by atoms with Crippen molar-refractivity contribution >= 4 is 11.3 Å². The molecule has 1 aromatic carbocycles. The fraction of sp³-hybridized carbons (Fsp3) is 0.438. The summed E-state index contributed by atoms with van der Waals surface area (Å²) < 4.78 is 5.32. The molecular weight excluding hydrogens is 268 g/mol. The van der Waals surface area contributed by atoms with Crippen LogP contribution in [0.5, 0.6) is 5.75 Å². The average Bonchev–Trinajstić information content (AvgIpc) is 3.10. The van der Waals surface area contributed by atoms with E-state index in [-0.39, 0.29) is 0 Å². The highest BCUT2D eigenvalue weighted by atomic mass is 32.1. The highest BCUT2D eigenvalue weighted by Crippen LogP contribution is 2.41. The van der Waals surface area contributed by atoms with E-state index in [1.54, 1.807) is 7.11 Å². The average molecular weight is 286 g/mol.